The molecule has 0 bridgehead atoms. The predicted molar refractivity (Wildman–Crippen MR) is 60.7 cm³/mol. The minimum absolute atomic E-state index is 0.230. The fraction of sp³-hybridized carbons (Fsp3) is 0.800. The van der Waals surface area contributed by atoms with Crippen LogP contribution in [0.5, 0.6) is 0 Å². The molecule has 0 radical (unpaired) electrons. The summed E-state index contributed by atoms with van der Waals surface area (Å²) in [6.07, 6.45) is -0.938. The van der Waals surface area contributed by atoms with Gasteiger partial charge in [0.1, 0.15) is 11.7 Å². The topological polar surface area (TPSA) is 55.8 Å². The van der Waals surface area contributed by atoms with E-state index in [4.69, 9.17) is 16.3 Å². The zero-order valence-electron chi connectivity index (χ0n) is 10.2. The van der Waals surface area contributed by atoms with E-state index in [9.17, 15) is 9.59 Å². The Bertz CT molecular complexity index is 262. The molecular weight excluding hydrogens is 234 g/mol. The quantitative estimate of drug-likeness (QED) is 0.724. The summed E-state index contributed by atoms with van der Waals surface area (Å²) in [4.78, 5) is 23.3. The molecule has 5 nitrogen and oxygen atoms in total. The van der Waals surface area contributed by atoms with Gasteiger partial charge in [0.25, 0.3) is 0 Å². The van der Waals surface area contributed by atoms with Gasteiger partial charge < -0.3 is 14.4 Å². The first-order valence-corrected chi connectivity index (χ1v) is 5.30. The van der Waals surface area contributed by atoms with Gasteiger partial charge in [-0.25, -0.2) is 9.59 Å². The van der Waals surface area contributed by atoms with E-state index in [1.165, 1.54) is 4.90 Å². The van der Waals surface area contributed by atoms with E-state index in [-0.39, 0.29) is 6.54 Å². The van der Waals surface area contributed by atoms with Crippen molar-refractivity contribution in [2.75, 3.05) is 13.6 Å². The lowest BCUT2D eigenvalue weighted by atomic mass is 10.2. The number of halogens is 1. The van der Waals surface area contributed by atoms with Crippen molar-refractivity contribution in [3.63, 3.8) is 0 Å². The third kappa shape index (κ3) is 7.34. The fourth-order valence-corrected chi connectivity index (χ4v) is 1.15. The zero-order chi connectivity index (χ0) is 12.9. The van der Waals surface area contributed by atoms with Crippen molar-refractivity contribution < 1.29 is 19.1 Å². The van der Waals surface area contributed by atoms with Crippen LogP contribution in [0.2, 0.25) is 0 Å². The van der Waals surface area contributed by atoms with Gasteiger partial charge >= 0.3 is 11.5 Å². The maximum Gasteiger partial charge on any atom is 0.410 e. The van der Waals surface area contributed by atoms with Crippen LogP contribution in [-0.2, 0) is 9.47 Å². The van der Waals surface area contributed by atoms with Gasteiger partial charge in [-0.1, -0.05) is 0 Å². The number of amides is 1. The molecule has 0 aliphatic carbocycles. The minimum Gasteiger partial charge on any atom is -0.449 e. The molecule has 0 heterocycles. The molecule has 6 heteroatoms. The van der Waals surface area contributed by atoms with E-state index < -0.39 is 23.2 Å². The molecule has 0 aromatic heterocycles. The Kier molecular flexibility index (Phi) is 5.58. The Labute approximate surface area is 101 Å². The van der Waals surface area contributed by atoms with Crippen LogP contribution in [0.25, 0.3) is 0 Å². The highest BCUT2D eigenvalue weighted by Gasteiger charge is 2.21. The number of hydrogen-bond acceptors (Lipinski definition) is 4. The summed E-state index contributed by atoms with van der Waals surface area (Å²) in [5, 5.41) is 0. The summed E-state index contributed by atoms with van der Waals surface area (Å²) >= 11 is 5.05. The molecule has 1 atom stereocenters. The van der Waals surface area contributed by atoms with Crippen LogP contribution < -0.4 is 0 Å². The molecule has 0 N–H and O–H groups in total. The molecule has 0 saturated heterocycles. The van der Waals surface area contributed by atoms with Gasteiger partial charge in [0.2, 0.25) is 0 Å². The summed E-state index contributed by atoms with van der Waals surface area (Å²) in [6.45, 7) is 7.21. The van der Waals surface area contributed by atoms with Gasteiger partial charge in [0.05, 0.1) is 6.54 Å². The summed E-state index contributed by atoms with van der Waals surface area (Å²) in [5.74, 6) is 0. The molecule has 0 aromatic carbocycles. The number of ether oxygens (including phenoxy) is 2. The molecule has 0 fully saturated rings. The molecule has 1 amide bonds. The van der Waals surface area contributed by atoms with E-state index in [0.29, 0.717) is 0 Å². The second-order valence-corrected chi connectivity index (χ2v) is 4.84. The third-order valence-electron chi connectivity index (χ3n) is 1.53. The molecule has 0 saturated carbocycles. The Balaban J connectivity index is 4.10. The molecule has 0 aromatic rings. The van der Waals surface area contributed by atoms with Gasteiger partial charge in [-0.2, -0.15) is 0 Å². The van der Waals surface area contributed by atoms with Crippen LogP contribution in [0.1, 0.15) is 27.7 Å². The molecule has 0 rings (SSSR count). The maximum atomic E-state index is 11.5. The first-order valence-electron chi connectivity index (χ1n) is 4.92. The van der Waals surface area contributed by atoms with Crippen LogP contribution in [0, 0.1) is 0 Å². The Morgan fingerprint density at radius 3 is 2.25 bits per heavy atom. The highest BCUT2D eigenvalue weighted by Crippen LogP contribution is 2.09. The molecule has 0 aliphatic heterocycles. The largest absolute Gasteiger partial charge is 0.449 e. The molecule has 0 spiro atoms. The SMILES string of the molecule is CC(CN(C)C(=O)OC(C)(C)C)OC(=O)Cl. The van der Waals surface area contributed by atoms with Crippen LogP contribution in [0.4, 0.5) is 9.59 Å². The lowest BCUT2D eigenvalue weighted by Gasteiger charge is -2.26. The van der Waals surface area contributed by atoms with Crippen molar-refractivity contribution in [2.24, 2.45) is 0 Å². The van der Waals surface area contributed by atoms with Gasteiger partial charge in [-0.3, -0.25) is 0 Å². The van der Waals surface area contributed by atoms with Crippen molar-refractivity contribution in [3.8, 4) is 0 Å². The van der Waals surface area contributed by atoms with Crippen LogP contribution in [0.15, 0.2) is 0 Å². The number of nitrogens with zero attached hydrogens (tertiary/aromatic N) is 1. The van der Waals surface area contributed by atoms with Gasteiger partial charge in [0.15, 0.2) is 0 Å². The number of hydrogen-bond donors (Lipinski definition) is 0. The predicted octanol–water partition coefficient (Wildman–Crippen LogP) is 2.62. The van der Waals surface area contributed by atoms with Gasteiger partial charge in [-0.05, 0) is 27.7 Å². The highest BCUT2D eigenvalue weighted by molar-refractivity contribution is 6.61. The number of carbonyl (C=O) groups is 2. The van der Waals surface area contributed by atoms with Crippen LogP contribution in [0.3, 0.4) is 0 Å². The van der Waals surface area contributed by atoms with Crippen LogP contribution in [-0.4, -0.2) is 41.7 Å². The molecule has 1 unspecified atom stereocenters. The monoisotopic (exact) mass is 251 g/mol. The lowest BCUT2D eigenvalue weighted by Crippen LogP contribution is -2.38. The smallest absolute Gasteiger partial charge is 0.410 e. The van der Waals surface area contributed by atoms with Crippen molar-refractivity contribution in [1.82, 2.24) is 4.90 Å². The maximum absolute atomic E-state index is 11.5. The lowest BCUT2D eigenvalue weighted by molar-refractivity contribution is 0.0210. The Morgan fingerprint density at radius 1 is 1.38 bits per heavy atom. The number of carbonyl (C=O) groups excluding carboxylic acids is 2. The summed E-state index contributed by atoms with van der Waals surface area (Å²) in [6, 6.07) is 0. The summed E-state index contributed by atoms with van der Waals surface area (Å²) in [7, 11) is 1.56. The minimum atomic E-state index is -0.884. The van der Waals surface area contributed by atoms with E-state index in [0.717, 1.165) is 0 Å². The van der Waals surface area contributed by atoms with E-state index in [1.807, 2.05) is 0 Å². The third-order valence-corrected chi connectivity index (χ3v) is 1.62. The van der Waals surface area contributed by atoms with Gasteiger partial charge in [0, 0.05) is 18.6 Å². The molecule has 0 aliphatic rings. The first-order chi connectivity index (χ1) is 7.11. The molecule has 16 heavy (non-hydrogen) atoms. The van der Waals surface area contributed by atoms with Gasteiger partial charge in [-0.15, -0.1) is 0 Å². The Hall–Kier alpha value is -0.970. The molecular formula is C10H18ClNO4. The van der Waals surface area contributed by atoms with Crippen molar-refractivity contribution >= 4 is 23.1 Å². The second kappa shape index (κ2) is 5.94. The highest BCUT2D eigenvalue weighted by atomic mass is 35.5. The summed E-state index contributed by atoms with van der Waals surface area (Å²) in [5.41, 5.74) is -1.43. The second-order valence-electron chi connectivity index (χ2n) is 4.53. The average molecular weight is 252 g/mol. The zero-order valence-corrected chi connectivity index (χ0v) is 11.0. The fourth-order valence-electron chi connectivity index (χ4n) is 0.995. The first kappa shape index (κ1) is 15.0. The molecule has 94 valence electrons. The van der Waals surface area contributed by atoms with Crippen LogP contribution >= 0.6 is 11.6 Å². The van der Waals surface area contributed by atoms with Crippen molar-refractivity contribution in [2.45, 2.75) is 39.4 Å². The average Bonchev–Trinajstić information content (AvgIpc) is 1.98. The summed E-state index contributed by atoms with van der Waals surface area (Å²) < 4.78 is 9.80. The number of rotatable bonds is 3. The van der Waals surface area contributed by atoms with Crippen molar-refractivity contribution in [3.05, 3.63) is 0 Å². The normalized spacial score (nSPS) is 12.9. The van der Waals surface area contributed by atoms with E-state index in [2.05, 4.69) is 4.74 Å². The standard InChI is InChI=1S/C10H18ClNO4/c1-7(15-8(11)13)6-12(5)9(14)16-10(2,3)4/h7H,6H2,1-5H3. The Morgan fingerprint density at radius 2 is 1.88 bits per heavy atom. The van der Waals surface area contributed by atoms with E-state index in [1.54, 1.807) is 34.7 Å². The van der Waals surface area contributed by atoms with E-state index >= 15 is 0 Å². The van der Waals surface area contributed by atoms with Crippen molar-refractivity contribution in [1.29, 1.82) is 0 Å². The number of likely N-dealkylation sites (N-methyl/N-ethyl adjacent to an activating group) is 1.